The van der Waals surface area contributed by atoms with Crippen LogP contribution in [0, 0.1) is 0 Å². The number of hydrogen-bond donors (Lipinski definition) is 1. The number of oxime groups is 1. The summed E-state index contributed by atoms with van der Waals surface area (Å²) in [6.07, 6.45) is 8.96. The third kappa shape index (κ3) is 1.75. The molecule has 0 aromatic heterocycles. The first-order valence-corrected chi connectivity index (χ1v) is 5.04. The second-order valence-electron chi connectivity index (χ2n) is 3.78. The summed E-state index contributed by atoms with van der Waals surface area (Å²) in [6.45, 7) is 2.32. The molecule has 72 valence electrons. The Morgan fingerprint density at radius 3 is 2.77 bits per heavy atom. The van der Waals surface area contributed by atoms with Crippen molar-refractivity contribution >= 4 is 5.71 Å². The van der Waals surface area contributed by atoms with E-state index in [1.165, 1.54) is 19.3 Å². The zero-order valence-electron chi connectivity index (χ0n) is 7.82. The van der Waals surface area contributed by atoms with Crippen molar-refractivity contribution in [2.75, 3.05) is 13.1 Å². The molecule has 1 fully saturated rings. The molecule has 0 aromatic rings. The quantitative estimate of drug-likeness (QED) is 0.492. The highest BCUT2D eigenvalue weighted by Gasteiger charge is 2.26. The van der Waals surface area contributed by atoms with E-state index in [0.29, 0.717) is 6.04 Å². The molecule has 0 aromatic carbocycles. The lowest BCUT2D eigenvalue weighted by Crippen LogP contribution is -2.41. The maximum Gasteiger partial charge on any atom is 0.0967 e. The molecule has 1 saturated heterocycles. The molecule has 0 amide bonds. The van der Waals surface area contributed by atoms with Gasteiger partial charge in [-0.15, -0.1) is 0 Å². The molecule has 1 aliphatic heterocycles. The number of piperidine rings is 1. The summed E-state index contributed by atoms with van der Waals surface area (Å²) >= 11 is 0. The molecule has 2 aliphatic rings. The molecule has 3 nitrogen and oxygen atoms in total. The molecule has 0 saturated carbocycles. The average molecular weight is 180 g/mol. The van der Waals surface area contributed by atoms with Gasteiger partial charge < -0.3 is 5.21 Å². The second-order valence-corrected chi connectivity index (χ2v) is 3.78. The van der Waals surface area contributed by atoms with Crippen LogP contribution in [0.1, 0.15) is 25.7 Å². The Labute approximate surface area is 78.7 Å². The van der Waals surface area contributed by atoms with E-state index in [0.717, 1.165) is 25.2 Å². The standard InChI is InChI=1S/C10H16N2O/c13-11-9-5-4-6-10(9)12-7-2-1-3-8-12/h4-5,10,13H,1-3,6-8H2/b11-9+/t10-/m1/s1. The van der Waals surface area contributed by atoms with Gasteiger partial charge >= 0.3 is 0 Å². The minimum absolute atomic E-state index is 0.352. The van der Waals surface area contributed by atoms with Gasteiger partial charge in [0.25, 0.3) is 0 Å². The molecular weight excluding hydrogens is 164 g/mol. The molecule has 1 aliphatic carbocycles. The molecule has 0 unspecified atom stereocenters. The lowest BCUT2D eigenvalue weighted by atomic mass is 10.1. The van der Waals surface area contributed by atoms with Crippen molar-refractivity contribution in [2.24, 2.45) is 5.16 Å². The molecule has 1 atom stereocenters. The Bertz CT molecular complexity index is 229. The van der Waals surface area contributed by atoms with Crippen LogP contribution in [0.3, 0.4) is 0 Å². The van der Waals surface area contributed by atoms with E-state index in [1.54, 1.807) is 0 Å². The minimum Gasteiger partial charge on any atom is -0.411 e. The molecule has 13 heavy (non-hydrogen) atoms. The highest BCUT2D eigenvalue weighted by molar-refractivity contribution is 6.01. The first-order chi connectivity index (χ1) is 6.42. The van der Waals surface area contributed by atoms with Gasteiger partial charge in [-0.3, -0.25) is 4.90 Å². The van der Waals surface area contributed by atoms with E-state index in [9.17, 15) is 0 Å². The highest BCUT2D eigenvalue weighted by atomic mass is 16.4. The van der Waals surface area contributed by atoms with Crippen LogP contribution in [0.15, 0.2) is 17.3 Å². The molecule has 2 rings (SSSR count). The summed E-state index contributed by atoms with van der Waals surface area (Å²) in [5.74, 6) is 0. The molecule has 0 spiro atoms. The summed E-state index contributed by atoms with van der Waals surface area (Å²) in [4.78, 5) is 2.43. The highest BCUT2D eigenvalue weighted by Crippen LogP contribution is 2.19. The van der Waals surface area contributed by atoms with Crippen LogP contribution in [-0.2, 0) is 0 Å². The van der Waals surface area contributed by atoms with E-state index in [2.05, 4.69) is 16.1 Å². The fraction of sp³-hybridized carbons (Fsp3) is 0.700. The summed E-state index contributed by atoms with van der Waals surface area (Å²) in [6, 6.07) is 0.352. The van der Waals surface area contributed by atoms with Gasteiger partial charge in [0.2, 0.25) is 0 Å². The molecule has 1 N–H and O–H groups in total. The number of nitrogens with zero attached hydrogens (tertiary/aromatic N) is 2. The van der Waals surface area contributed by atoms with Gasteiger partial charge in [0.05, 0.1) is 11.8 Å². The smallest absolute Gasteiger partial charge is 0.0967 e. The van der Waals surface area contributed by atoms with Crippen LogP contribution in [0.4, 0.5) is 0 Å². The van der Waals surface area contributed by atoms with Crippen molar-refractivity contribution in [2.45, 2.75) is 31.7 Å². The molecular formula is C10H16N2O. The van der Waals surface area contributed by atoms with Gasteiger partial charge in [-0.1, -0.05) is 17.7 Å². The average Bonchev–Trinajstić information content (AvgIpc) is 2.67. The second kappa shape index (κ2) is 3.92. The zero-order chi connectivity index (χ0) is 9.10. The minimum atomic E-state index is 0.352. The van der Waals surface area contributed by atoms with Crippen molar-refractivity contribution in [3.05, 3.63) is 12.2 Å². The van der Waals surface area contributed by atoms with Crippen molar-refractivity contribution < 1.29 is 5.21 Å². The Kier molecular flexibility index (Phi) is 2.64. The molecule has 0 radical (unpaired) electrons. The van der Waals surface area contributed by atoms with Gasteiger partial charge in [0.1, 0.15) is 0 Å². The van der Waals surface area contributed by atoms with Gasteiger partial charge in [-0.2, -0.15) is 0 Å². The van der Waals surface area contributed by atoms with Gasteiger partial charge in [0.15, 0.2) is 0 Å². The summed E-state index contributed by atoms with van der Waals surface area (Å²) in [7, 11) is 0. The van der Waals surface area contributed by atoms with Crippen LogP contribution >= 0.6 is 0 Å². The van der Waals surface area contributed by atoms with Crippen molar-refractivity contribution in [3.8, 4) is 0 Å². The van der Waals surface area contributed by atoms with E-state index < -0.39 is 0 Å². The number of hydrogen-bond acceptors (Lipinski definition) is 3. The normalized spacial score (nSPS) is 32.9. The zero-order valence-corrected chi connectivity index (χ0v) is 7.82. The monoisotopic (exact) mass is 180 g/mol. The van der Waals surface area contributed by atoms with Crippen molar-refractivity contribution in [3.63, 3.8) is 0 Å². The van der Waals surface area contributed by atoms with Crippen LogP contribution in [0.5, 0.6) is 0 Å². The molecule has 0 bridgehead atoms. The maximum atomic E-state index is 8.78. The van der Waals surface area contributed by atoms with E-state index >= 15 is 0 Å². The molecule has 3 heteroatoms. The first kappa shape index (κ1) is 8.75. The summed E-state index contributed by atoms with van der Waals surface area (Å²) < 4.78 is 0. The Balaban J connectivity index is 2.00. The Morgan fingerprint density at radius 2 is 2.08 bits per heavy atom. The van der Waals surface area contributed by atoms with Gasteiger partial charge in [-0.05, 0) is 38.4 Å². The predicted molar refractivity (Wildman–Crippen MR) is 52.2 cm³/mol. The van der Waals surface area contributed by atoms with Gasteiger partial charge in [-0.25, -0.2) is 0 Å². The Hall–Kier alpha value is -0.830. The predicted octanol–water partition coefficient (Wildman–Crippen LogP) is 1.63. The van der Waals surface area contributed by atoms with Crippen molar-refractivity contribution in [1.82, 2.24) is 4.90 Å². The van der Waals surface area contributed by atoms with E-state index in [4.69, 9.17) is 5.21 Å². The summed E-state index contributed by atoms with van der Waals surface area (Å²) in [5, 5.41) is 12.1. The maximum absolute atomic E-state index is 8.78. The number of likely N-dealkylation sites (tertiary alicyclic amines) is 1. The van der Waals surface area contributed by atoms with E-state index in [-0.39, 0.29) is 0 Å². The van der Waals surface area contributed by atoms with Crippen LogP contribution in [-0.4, -0.2) is 35.0 Å². The van der Waals surface area contributed by atoms with E-state index in [1.807, 2.05) is 6.08 Å². The van der Waals surface area contributed by atoms with Crippen LogP contribution in [0.2, 0.25) is 0 Å². The first-order valence-electron chi connectivity index (χ1n) is 5.04. The molecule has 1 heterocycles. The van der Waals surface area contributed by atoms with Gasteiger partial charge in [0, 0.05) is 0 Å². The largest absolute Gasteiger partial charge is 0.411 e. The summed E-state index contributed by atoms with van der Waals surface area (Å²) in [5.41, 5.74) is 0.835. The Morgan fingerprint density at radius 1 is 1.31 bits per heavy atom. The third-order valence-corrected chi connectivity index (χ3v) is 2.94. The van der Waals surface area contributed by atoms with Crippen LogP contribution in [0.25, 0.3) is 0 Å². The third-order valence-electron chi connectivity index (χ3n) is 2.94. The SMILES string of the molecule is O/N=C1\C=CC[C@H]1N1CCCCC1. The lowest BCUT2D eigenvalue weighted by Gasteiger charge is -2.31. The fourth-order valence-corrected chi connectivity index (χ4v) is 2.22. The topological polar surface area (TPSA) is 35.8 Å². The fourth-order valence-electron chi connectivity index (χ4n) is 2.22. The lowest BCUT2D eigenvalue weighted by molar-refractivity contribution is 0.200. The van der Waals surface area contributed by atoms with Crippen molar-refractivity contribution in [1.29, 1.82) is 0 Å². The number of rotatable bonds is 1. The van der Waals surface area contributed by atoms with Crippen LogP contribution < -0.4 is 0 Å².